The van der Waals surface area contributed by atoms with Crippen LogP contribution in [0.3, 0.4) is 0 Å². The number of carbonyl (C=O) groups excluding carboxylic acids is 1. The summed E-state index contributed by atoms with van der Waals surface area (Å²) >= 11 is 0. The molecular weight excluding hydrogens is 474 g/mol. The molecule has 198 valence electrons. The Morgan fingerprint density at radius 3 is 2.65 bits per heavy atom. The van der Waals surface area contributed by atoms with Crippen molar-refractivity contribution < 1.29 is 19.8 Å². The monoisotopic (exact) mass is 509 g/mol. The first-order valence-electron chi connectivity index (χ1n) is 12.5. The minimum Gasteiger partial charge on any atom is -0.465 e. The zero-order chi connectivity index (χ0) is 27.1. The number of carboxylic acid groups (broad SMARTS) is 1. The number of aliphatic hydroxyl groups is 1. The van der Waals surface area contributed by atoms with Crippen molar-refractivity contribution in [3.63, 3.8) is 0 Å². The van der Waals surface area contributed by atoms with E-state index in [9.17, 15) is 24.6 Å². The summed E-state index contributed by atoms with van der Waals surface area (Å²) in [5, 5.41) is 20.1. The highest BCUT2D eigenvalue weighted by atomic mass is 16.4. The highest BCUT2D eigenvalue weighted by Gasteiger charge is 2.32. The van der Waals surface area contributed by atoms with E-state index < -0.39 is 11.7 Å². The zero-order valence-electron chi connectivity index (χ0n) is 22.1. The van der Waals surface area contributed by atoms with Crippen LogP contribution in [-0.4, -0.2) is 66.5 Å². The topological polar surface area (TPSA) is 121 Å². The summed E-state index contributed by atoms with van der Waals surface area (Å²) < 4.78 is 3.48. The number of imidazole rings is 1. The molecule has 1 aromatic carbocycles. The van der Waals surface area contributed by atoms with Crippen LogP contribution < -0.4 is 10.5 Å². The standard InChI is InChI=1S/C27H35N5O5/c1-17-14-20-19(10-9-18(2)32(20)26(35)36)24-25(17)31(15-23(34)29(5)16-27(3,4)37)21(28-24)11-13-30-12-7-6-8-22(30)33/h6-8,12,14,18,37H,9-11,13,15-16H2,1-5H3,(H,35,36). The zero-order valence-corrected chi connectivity index (χ0v) is 22.1. The molecule has 1 atom stereocenters. The number of pyridine rings is 1. The van der Waals surface area contributed by atoms with Crippen LogP contribution in [0.15, 0.2) is 35.3 Å². The van der Waals surface area contributed by atoms with Gasteiger partial charge in [-0.3, -0.25) is 14.5 Å². The summed E-state index contributed by atoms with van der Waals surface area (Å²) in [7, 11) is 1.66. The van der Waals surface area contributed by atoms with E-state index in [2.05, 4.69) is 0 Å². The smallest absolute Gasteiger partial charge is 0.412 e. The highest BCUT2D eigenvalue weighted by molar-refractivity contribution is 5.96. The Balaban J connectivity index is 1.82. The van der Waals surface area contributed by atoms with E-state index in [0.717, 1.165) is 16.6 Å². The second kappa shape index (κ2) is 10.0. The molecule has 4 rings (SSSR count). The second-order valence-corrected chi connectivity index (χ2v) is 10.6. The number of hydrogen-bond acceptors (Lipinski definition) is 5. The molecule has 0 saturated carbocycles. The molecule has 1 unspecified atom stereocenters. The number of nitrogens with zero attached hydrogens (tertiary/aromatic N) is 5. The molecule has 2 aromatic heterocycles. The predicted octanol–water partition coefficient (Wildman–Crippen LogP) is 2.80. The van der Waals surface area contributed by atoms with Crippen LogP contribution in [0.1, 0.15) is 44.1 Å². The van der Waals surface area contributed by atoms with Gasteiger partial charge in [0.25, 0.3) is 5.56 Å². The summed E-state index contributed by atoms with van der Waals surface area (Å²) in [5.41, 5.74) is 2.64. The maximum absolute atomic E-state index is 13.2. The Kier molecular flexibility index (Phi) is 7.14. The third-order valence-electron chi connectivity index (χ3n) is 6.91. The van der Waals surface area contributed by atoms with Gasteiger partial charge < -0.3 is 24.2 Å². The van der Waals surface area contributed by atoms with Crippen molar-refractivity contribution in [2.24, 2.45) is 0 Å². The number of amides is 2. The molecule has 0 saturated heterocycles. The first-order valence-corrected chi connectivity index (χ1v) is 12.5. The molecule has 0 aliphatic carbocycles. The normalized spacial score (nSPS) is 15.6. The van der Waals surface area contributed by atoms with Crippen molar-refractivity contribution in [2.75, 3.05) is 18.5 Å². The molecule has 2 N–H and O–H groups in total. The third-order valence-corrected chi connectivity index (χ3v) is 6.91. The van der Waals surface area contributed by atoms with E-state index in [1.165, 1.54) is 15.9 Å². The number of likely N-dealkylation sites (N-methyl/N-ethyl adjacent to an activating group) is 1. The van der Waals surface area contributed by atoms with Gasteiger partial charge in [-0.15, -0.1) is 0 Å². The van der Waals surface area contributed by atoms with Crippen molar-refractivity contribution in [1.82, 2.24) is 19.0 Å². The highest BCUT2D eigenvalue weighted by Crippen LogP contribution is 2.38. The van der Waals surface area contributed by atoms with E-state index in [1.807, 2.05) is 24.5 Å². The molecule has 0 fully saturated rings. The summed E-state index contributed by atoms with van der Waals surface area (Å²) in [6.45, 7) is 7.67. The van der Waals surface area contributed by atoms with Gasteiger partial charge in [-0.25, -0.2) is 9.78 Å². The third kappa shape index (κ3) is 5.39. The van der Waals surface area contributed by atoms with Gasteiger partial charge in [-0.05, 0) is 58.2 Å². The van der Waals surface area contributed by atoms with E-state index in [4.69, 9.17) is 4.98 Å². The number of aromatic nitrogens is 3. The lowest BCUT2D eigenvalue weighted by atomic mass is 9.94. The Morgan fingerprint density at radius 2 is 2.00 bits per heavy atom. The van der Waals surface area contributed by atoms with Gasteiger partial charge >= 0.3 is 6.09 Å². The minimum atomic E-state index is -1.04. The molecule has 10 heteroatoms. The average Bonchev–Trinajstić information content (AvgIpc) is 3.15. The van der Waals surface area contributed by atoms with Gasteiger partial charge in [-0.2, -0.15) is 0 Å². The Hall–Kier alpha value is -3.66. The van der Waals surface area contributed by atoms with Crippen molar-refractivity contribution in [3.05, 3.63) is 57.8 Å². The fraction of sp³-hybridized carbons (Fsp3) is 0.481. The van der Waals surface area contributed by atoms with Crippen LogP contribution in [0.4, 0.5) is 10.5 Å². The molecular formula is C27H35N5O5. The van der Waals surface area contributed by atoms with E-state index in [0.29, 0.717) is 42.8 Å². The van der Waals surface area contributed by atoms with Crippen LogP contribution in [0.25, 0.3) is 11.0 Å². The van der Waals surface area contributed by atoms with Gasteiger partial charge in [-0.1, -0.05) is 6.07 Å². The molecule has 10 nitrogen and oxygen atoms in total. The Bertz CT molecular complexity index is 1400. The molecule has 37 heavy (non-hydrogen) atoms. The van der Waals surface area contributed by atoms with Gasteiger partial charge in [0.2, 0.25) is 5.91 Å². The lowest BCUT2D eigenvalue weighted by Crippen LogP contribution is -2.41. The number of aryl methyl sites for hydroxylation is 4. The molecule has 2 amide bonds. The Morgan fingerprint density at radius 1 is 1.27 bits per heavy atom. The summed E-state index contributed by atoms with van der Waals surface area (Å²) in [5.74, 6) is 0.463. The summed E-state index contributed by atoms with van der Waals surface area (Å²) in [4.78, 5) is 45.4. The molecule has 1 aliphatic heterocycles. The van der Waals surface area contributed by atoms with Crippen LogP contribution in [0.2, 0.25) is 0 Å². The van der Waals surface area contributed by atoms with Crippen LogP contribution in [0.5, 0.6) is 0 Å². The molecule has 3 heterocycles. The second-order valence-electron chi connectivity index (χ2n) is 10.6. The quantitative estimate of drug-likeness (QED) is 0.505. The van der Waals surface area contributed by atoms with E-state index >= 15 is 0 Å². The lowest BCUT2D eigenvalue weighted by molar-refractivity contribution is -0.133. The van der Waals surface area contributed by atoms with Crippen molar-refractivity contribution in [3.8, 4) is 0 Å². The van der Waals surface area contributed by atoms with Crippen molar-refractivity contribution >= 4 is 28.7 Å². The molecule has 1 aliphatic rings. The van der Waals surface area contributed by atoms with E-state index in [-0.39, 0.29) is 30.6 Å². The first-order chi connectivity index (χ1) is 17.4. The van der Waals surface area contributed by atoms with Gasteiger partial charge in [0.05, 0.1) is 22.3 Å². The number of hydrogen-bond donors (Lipinski definition) is 2. The number of fused-ring (bicyclic) bond motifs is 3. The fourth-order valence-electron chi connectivity index (χ4n) is 5.22. The van der Waals surface area contributed by atoms with Gasteiger partial charge in [0.1, 0.15) is 12.4 Å². The fourth-order valence-corrected chi connectivity index (χ4v) is 5.22. The van der Waals surface area contributed by atoms with Crippen LogP contribution in [-0.2, 0) is 30.7 Å². The van der Waals surface area contributed by atoms with Crippen molar-refractivity contribution in [1.29, 1.82) is 0 Å². The van der Waals surface area contributed by atoms with Gasteiger partial charge in [0.15, 0.2) is 0 Å². The molecule has 0 bridgehead atoms. The largest absolute Gasteiger partial charge is 0.465 e. The summed E-state index contributed by atoms with van der Waals surface area (Å²) in [6.07, 6.45) is 2.48. The minimum absolute atomic E-state index is 0.0147. The molecule has 0 radical (unpaired) electrons. The lowest BCUT2D eigenvalue weighted by Gasteiger charge is -2.33. The SMILES string of the molecule is Cc1cc2c(c3nc(CCn4ccccc4=O)n(CC(=O)N(C)CC(C)(C)O)c13)CCC(C)N2C(=O)O. The van der Waals surface area contributed by atoms with Crippen molar-refractivity contribution in [2.45, 2.75) is 71.7 Å². The number of benzene rings is 1. The van der Waals surface area contributed by atoms with E-state index in [1.54, 1.807) is 43.8 Å². The predicted molar refractivity (Wildman–Crippen MR) is 141 cm³/mol. The first kappa shape index (κ1) is 26.4. The average molecular weight is 510 g/mol. The van der Waals surface area contributed by atoms with Crippen LogP contribution in [0, 0.1) is 6.92 Å². The molecule has 3 aromatic rings. The maximum atomic E-state index is 13.2. The number of carbonyl (C=O) groups is 2. The molecule has 0 spiro atoms. The number of anilines is 1. The van der Waals surface area contributed by atoms with Crippen LogP contribution >= 0.6 is 0 Å². The summed E-state index contributed by atoms with van der Waals surface area (Å²) in [6, 6.07) is 6.71. The number of rotatable bonds is 7. The van der Waals surface area contributed by atoms with Gasteiger partial charge in [0, 0.05) is 50.4 Å². The Labute approximate surface area is 215 Å². The maximum Gasteiger partial charge on any atom is 0.412 e.